The molecule has 5 nitrogen and oxygen atoms in total. The molecule has 3 aromatic rings. The van der Waals surface area contributed by atoms with Gasteiger partial charge in [0.15, 0.2) is 0 Å². The quantitative estimate of drug-likeness (QED) is 0.638. The number of hydrogen-bond donors (Lipinski definition) is 3. The number of aromatic nitrogens is 2. The Bertz CT molecular complexity index is 862. The first-order valence-electron chi connectivity index (χ1n) is 6.64. The number of phenolic OH excluding ortho intramolecular Hbond substituents is 1. The average molecular weight is 332 g/mol. The zero-order chi connectivity index (χ0) is 16.4. The molecule has 1 aromatic heterocycles. The Morgan fingerprint density at radius 1 is 1.17 bits per heavy atom. The fourth-order valence-corrected chi connectivity index (χ4v) is 2.18. The summed E-state index contributed by atoms with van der Waals surface area (Å²) in [6.45, 7) is 0. The number of amides is 1. The van der Waals surface area contributed by atoms with E-state index >= 15 is 0 Å². The molecule has 0 aliphatic carbocycles. The predicted octanol–water partition coefficient (Wildman–Crippen LogP) is 3.83. The van der Waals surface area contributed by atoms with E-state index in [0.29, 0.717) is 16.3 Å². The molecule has 0 bridgehead atoms. The van der Waals surface area contributed by atoms with E-state index in [1.807, 2.05) is 0 Å². The van der Waals surface area contributed by atoms with Crippen molar-refractivity contribution in [2.24, 2.45) is 0 Å². The first-order chi connectivity index (χ1) is 11.0. The standard InChI is InChI=1S/C16H11ClFN3O2/c17-10-3-6-15(22)13(7-10)19-16(23)14-8-12(20-21-14)9-1-4-11(18)5-2-9/h1-8,22H,(H,19,23)(H,20,21). The number of phenols is 1. The Morgan fingerprint density at radius 2 is 1.91 bits per heavy atom. The van der Waals surface area contributed by atoms with Crippen LogP contribution in [0.5, 0.6) is 5.75 Å². The Morgan fingerprint density at radius 3 is 2.65 bits per heavy atom. The van der Waals surface area contributed by atoms with E-state index in [9.17, 15) is 14.3 Å². The number of aromatic hydroxyl groups is 1. The maximum atomic E-state index is 12.9. The van der Waals surface area contributed by atoms with Crippen molar-refractivity contribution in [1.82, 2.24) is 10.2 Å². The van der Waals surface area contributed by atoms with Crippen molar-refractivity contribution in [3.05, 3.63) is 65.1 Å². The molecule has 3 N–H and O–H groups in total. The summed E-state index contributed by atoms with van der Waals surface area (Å²) in [5.41, 5.74) is 1.57. The van der Waals surface area contributed by atoms with Gasteiger partial charge in [-0.1, -0.05) is 11.6 Å². The molecular formula is C16H11ClFN3O2. The lowest BCUT2D eigenvalue weighted by Crippen LogP contribution is -2.12. The molecule has 0 saturated heterocycles. The Balaban J connectivity index is 1.81. The lowest BCUT2D eigenvalue weighted by molar-refractivity contribution is 0.102. The highest BCUT2D eigenvalue weighted by Crippen LogP contribution is 2.27. The summed E-state index contributed by atoms with van der Waals surface area (Å²) >= 11 is 5.83. The topological polar surface area (TPSA) is 78.0 Å². The second-order valence-corrected chi connectivity index (χ2v) is 5.23. The van der Waals surface area contributed by atoms with Crippen LogP contribution >= 0.6 is 11.6 Å². The molecular weight excluding hydrogens is 321 g/mol. The molecule has 23 heavy (non-hydrogen) atoms. The first-order valence-corrected chi connectivity index (χ1v) is 7.02. The van der Waals surface area contributed by atoms with Crippen LogP contribution in [-0.4, -0.2) is 21.2 Å². The van der Waals surface area contributed by atoms with E-state index in [0.717, 1.165) is 0 Å². The second-order valence-electron chi connectivity index (χ2n) is 4.79. The number of nitrogens with one attached hydrogen (secondary N) is 2. The highest BCUT2D eigenvalue weighted by atomic mass is 35.5. The number of hydrogen-bond acceptors (Lipinski definition) is 3. The van der Waals surface area contributed by atoms with Crippen LogP contribution in [-0.2, 0) is 0 Å². The SMILES string of the molecule is O=C(Nc1cc(Cl)ccc1O)c1cc(-c2ccc(F)cc2)n[nH]1. The van der Waals surface area contributed by atoms with E-state index < -0.39 is 5.91 Å². The van der Waals surface area contributed by atoms with Crippen LogP contribution in [0.4, 0.5) is 10.1 Å². The minimum absolute atomic E-state index is 0.0963. The van der Waals surface area contributed by atoms with E-state index in [4.69, 9.17) is 11.6 Å². The van der Waals surface area contributed by atoms with Gasteiger partial charge in [0, 0.05) is 10.6 Å². The van der Waals surface area contributed by atoms with Crippen molar-refractivity contribution in [3.63, 3.8) is 0 Å². The number of carbonyl (C=O) groups is 1. The lowest BCUT2D eigenvalue weighted by atomic mass is 10.1. The Kier molecular flexibility index (Phi) is 3.99. The van der Waals surface area contributed by atoms with Crippen LogP contribution in [0.1, 0.15) is 10.5 Å². The molecule has 1 heterocycles. The summed E-state index contributed by atoms with van der Waals surface area (Å²) in [5.74, 6) is -0.928. The number of benzene rings is 2. The number of rotatable bonds is 3. The van der Waals surface area contributed by atoms with Gasteiger partial charge in [0.05, 0.1) is 11.4 Å². The Hall–Kier alpha value is -2.86. The molecule has 7 heteroatoms. The monoisotopic (exact) mass is 331 g/mol. The zero-order valence-corrected chi connectivity index (χ0v) is 12.4. The maximum Gasteiger partial charge on any atom is 0.273 e. The van der Waals surface area contributed by atoms with Crippen LogP contribution in [0.15, 0.2) is 48.5 Å². The minimum Gasteiger partial charge on any atom is -0.506 e. The van der Waals surface area contributed by atoms with Gasteiger partial charge in [0.1, 0.15) is 17.3 Å². The fourth-order valence-electron chi connectivity index (χ4n) is 2.00. The van der Waals surface area contributed by atoms with Crippen molar-refractivity contribution >= 4 is 23.2 Å². The number of aromatic amines is 1. The molecule has 0 spiro atoms. The van der Waals surface area contributed by atoms with Gasteiger partial charge in [0.25, 0.3) is 5.91 Å². The highest BCUT2D eigenvalue weighted by molar-refractivity contribution is 6.31. The largest absolute Gasteiger partial charge is 0.506 e. The second kappa shape index (κ2) is 6.10. The molecule has 2 aromatic carbocycles. The molecule has 116 valence electrons. The van der Waals surface area contributed by atoms with Gasteiger partial charge in [-0.05, 0) is 48.5 Å². The van der Waals surface area contributed by atoms with Crippen molar-refractivity contribution in [3.8, 4) is 17.0 Å². The third-order valence-electron chi connectivity index (χ3n) is 3.17. The third kappa shape index (κ3) is 3.32. The van der Waals surface area contributed by atoms with Gasteiger partial charge in [-0.2, -0.15) is 5.10 Å². The van der Waals surface area contributed by atoms with Crippen molar-refractivity contribution in [1.29, 1.82) is 0 Å². The van der Waals surface area contributed by atoms with E-state index in [2.05, 4.69) is 15.5 Å². The molecule has 0 saturated carbocycles. The van der Waals surface area contributed by atoms with Gasteiger partial charge in [-0.25, -0.2) is 4.39 Å². The van der Waals surface area contributed by atoms with Crippen LogP contribution in [0.3, 0.4) is 0 Å². The van der Waals surface area contributed by atoms with Crippen LogP contribution in [0.25, 0.3) is 11.3 Å². The number of H-pyrrole nitrogens is 1. The lowest BCUT2D eigenvalue weighted by Gasteiger charge is -2.06. The number of halogens is 2. The van der Waals surface area contributed by atoms with Crippen LogP contribution < -0.4 is 5.32 Å². The van der Waals surface area contributed by atoms with Crippen molar-refractivity contribution < 1.29 is 14.3 Å². The summed E-state index contributed by atoms with van der Waals surface area (Å²) in [6.07, 6.45) is 0. The highest BCUT2D eigenvalue weighted by Gasteiger charge is 2.13. The molecule has 0 unspecified atom stereocenters. The molecule has 0 fully saturated rings. The smallest absolute Gasteiger partial charge is 0.273 e. The molecule has 0 radical (unpaired) electrons. The van der Waals surface area contributed by atoms with Gasteiger partial charge in [-0.15, -0.1) is 0 Å². The summed E-state index contributed by atoms with van der Waals surface area (Å²) < 4.78 is 12.9. The van der Waals surface area contributed by atoms with E-state index in [1.165, 1.54) is 36.4 Å². The maximum absolute atomic E-state index is 12.9. The van der Waals surface area contributed by atoms with Crippen molar-refractivity contribution in [2.75, 3.05) is 5.32 Å². The molecule has 0 atom stereocenters. The molecule has 3 rings (SSSR count). The summed E-state index contributed by atoms with van der Waals surface area (Å²) in [5, 5.41) is 19.3. The number of nitrogens with zero attached hydrogens (tertiary/aromatic N) is 1. The first kappa shape index (κ1) is 15.1. The summed E-state index contributed by atoms with van der Waals surface area (Å²) in [6, 6.07) is 11.6. The molecule has 1 amide bonds. The van der Waals surface area contributed by atoms with Gasteiger partial charge in [0.2, 0.25) is 0 Å². The third-order valence-corrected chi connectivity index (χ3v) is 3.40. The minimum atomic E-state index is -0.483. The summed E-state index contributed by atoms with van der Waals surface area (Å²) in [7, 11) is 0. The molecule has 0 aliphatic heterocycles. The predicted molar refractivity (Wildman–Crippen MR) is 85.1 cm³/mol. The summed E-state index contributed by atoms with van der Waals surface area (Å²) in [4.78, 5) is 12.2. The van der Waals surface area contributed by atoms with Crippen LogP contribution in [0.2, 0.25) is 5.02 Å². The van der Waals surface area contributed by atoms with Gasteiger partial charge < -0.3 is 10.4 Å². The van der Waals surface area contributed by atoms with Crippen molar-refractivity contribution in [2.45, 2.75) is 0 Å². The van der Waals surface area contributed by atoms with Gasteiger partial charge in [-0.3, -0.25) is 9.89 Å². The Labute approximate surface area is 135 Å². The number of anilines is 1. The van der Waals surface area contributed by atoms with Gasteiger partial charge >= 0.3 is 0 Å². The van der Waals surface area contributed by atoms with E-state index in [1.54, 1.807) is 12.1 Å². The number of carbonyl (C=O) groups excluding carboxylic acids is 1. The normalized spacial score (nSPS) is 10.5. The zero-order valence-electron chi connectivity index (χ0n) is 11.7. The van der Waals surface area contributed by atoms with Crippen LogP contribution in [0, 0.1) is 5.82 Å². The average Bonchev–Trinajstić information content (AvgIpc) is 3.02. The molecule has 0 aliphatic rings. The fraction of sp³-hybridized carbons (Fsp3) is 0. The van der Waals surface area contributed by atoms with E-state index in [-0.39, 0.29) is 22.9 Å².